The molecule has 21 heavy (non-hydrogen) atoms. The van der Waals surface area contributed by atoms with Crippen molar-refractivity contribution in [2.45, 2.75) is 13.3 Å². The Morgan fingerprint density at radius 2 is 2.05 bits per heavy atom. The molecule has 1 rings (SSSR count). The van der Waals surface area contributed by atoms with Crippen LogP contribution in [0.2, 0.25) is 5.15 Å². The summed E-state index contributed by atoms with van der Waals surface area (Å²) in [5.74, 6) is 0.830. The lowest BCUT2D eigenvalue weighted by Gasteiger charge is -2.16. The van der Waals surface area contributed by atoms with Crippen LogP contribution in [-0.4, -0.2) is 56.1 Å². The number of hydrogen-bond acceptors (Lipinski definition) is 3. The van der Waals surface area contributed by atoms with Gasteiger partial charge in [-0.15, -0.1) is 24.0 Å². The van der Waals surface area contributed by atoms with Gasteiger partial charge in [-0.2, -0.15) is 0 Å². The molecule has 7 heteroatoms. The third kappa shape index (κ3) is 9.10. The summed E-state index contributed by atoms with van der Waals surface area (Å²) in [6.45, 7) is 5.89. The molecule has 2 N–H and O–H groups in total. The van der Waals surface area contributed by atoms with Crippen LogP contribution in [0.3, 0.4) is 0 Å². The normalized spacial score (nSPS) is 11.2. The standard InChI is InChI=1S/C14H24ClN5.HI/c1-4-20(3)10-9-18-14(16-2)17-8-7-12-5-6-13(15)19-11-12;/h5-6,11H,4,7-10H2,1-3H3,(H2,16,17,18);1H. The molecule has 0 aliphatic carbocycles. The molecule has 0 unspecified atom stereocenters. The third-order valence-electron chi connectivity index (χ3n) is 3.04. The van der Waals surface area contributed by atoms with Gasteiger partial charge in [0.1, 0.15) is 5.15 Å². The molecule has 1 aromatic rings. The summed E-state index contributed by atoms with van der Waals surface area (Å²) >= 11 is 5.75. The Morgan fingerprint density at radius 3 is 2.62 bits per heavy atom. The highest BCUT2D eigenvalue weighted by Crippen LogP contribution is 2.05. The smallest absolute Gasteiger partial charge is 0.191 e. The highest BCUT2D eigenvalue weighted by atomic mass is 127. The summed E-state index contributed by atoms with van der Waals surface area (Å²) in [4.78, 5) is 10.5. The Bertz CT molecular complexity index is 410. The number of aromatic nitrogens is 1. The van der Waals surface area contributed by atoms with E-state index in [1.165, 1.54) is 0 Å². The number of nitrogens with zero attached hydrogens (tertiary/aromatic N) is 3. The summed E-state index contributed by atoms with van der Waals surface area (Å²) in [5, 5.41) is 7.10. The van der Waals surface area contributed by atoms with Crippen molar-refractivity contribution in [1.82, 2.24) is 20.5 Å². The summed E-state index contributed by atoms with van der Waals surface area (Å²) in [6.07, 6.45) is 2.69. The van der Waals surface area contributed by atoms with Gasteiger partial charge in [0, 0.05) is 32.9 Å². The zero-order valence-corrected chi connectivity index (χ0v) is 16.0. The average molecular weight is 426 g/mol. The van der Waals surface area contributed by atoms with E-state index in [4.69, 9.17) is 11.6 Å². The molecule has 0 saturated carbocycles. The summed E-state index contributed by atoms with van der Waals surface area (Å²) in [7, 11) is 3.88. The van der Waals surface area contributed by atoms with E-state index in [9.17, 15) is 0 Å². The number of guanidine groups is 1. The van der Waals surface area contributed by atoms with Gasteiger partial charge in [-0.1, -0.05) is 24.6 Å². The Kier molecular flexibility index (Phi) is 11.7. The Labute approximate surface area is 149 Å². The minimum absolute atomic E-state index is 0. The molecule has 0 spiro atoms. The first-order valence-corrected chi connectivity index (χ1v) is 7.27. The first kappa shape index (κ1) is 20.4. The number of nitrogens with one attached hydrogen (secondary N) is 2. The largest absolute Gasteiger partial charge is 0.356 e. The number of halogens is 2. The predicted molar refractivity (Wildman–Crippen MR) is 101 cm³/mol. The van der Waals surface area contributed by atoms with Gasteiger partial charge < -0.3 is 15.5 Å². The van der Waals surface area contributed by atoms with Crippen molar-refractivity contribution < 1.29 is 0 Å². The topological polar surface area (TPSA) is 52.5 Å². The summed E-state index contributed by atoms with van der Waals surface area (Å²) < 4.78 is 0. The van der Waals surface area contributed by atoms with E-state index < -0.39 is 0 Å². The van der Waals surface area contributed by atoms with Crippen molar-refractivity contribution in [3.63, 3.8) is 0 Å². The molecule has 1 heterocycles. The van der Waals surface area contributed by atoms with E-state index in [0.717, 1.165) is 44.1 Å². The number of hydrogen-bond donors (Lipinski definition) is 2. The van der Waals surface area contributed by atoms with Crippen LogP contribution in [0, 0.1) is 0 Å². The van der Waals surface area contributed by atoms with Crippen molar-refractivity contribution in [1.29, 1.82) is 0 Å². The van der Waals surface area contributed by atoms with Crippen LogP contribution >= 0.6 is 35.6 Å². The number of pyridine rings is 1. The number of aliphatic imine (C=N–C) groups is 1. The van der Waals surface area contributed by atoms with Crippen molar-refractivity contribution in [3.05, 3.63) is 29.0 Å². The van der Waals surface area contributed by atoms with Crippen molar-refractivity contribution in [2.75, 3.05) is 40.3 Å². The fraction of sp³-hybridized carbons (Fsp3) is 0.571. The van der Waals surface area contributed by atoms with Crippen LogP contribution in [0.25, 0.3) is 0 Å². The first-order valence-electron chi connectivity index (χ1n) is 6.89. The van der Waals surface area contributed by atoms with Crippen molar-refractivity contribution in [2.24, 2.45) is 4.99 Å². The van der Waals surface area contributed by atoms with E-state index in [0.29, 0.717) is 5.15 Å². The molecular formula is C14H25ClIN5. The van der Waals surface area contributed by atoms with Crippen LogP contribution in [0.1, 0.15) is 12.5 Å². The van der Waals surface area contributed by atoms with E-state index >= 15 is 0 Å². The summed E-state index contributed by atoms with van der Waals surface area (Å²) in [5.41, 5.74) is 1.16. The second-order valence-corrected chi connectivity index (χ2v) is 4.95. The quantitative estimate of drug-likeness (QED) is 0.304. The van der Waals surface area contributed by atoms with Crippen molar-refractivity contribution in [3.8, 4) is 0 Å². The van der Waals surface area contributed by atoms with E-state index in [2.05, 4.69) is 39.5 Å². The van der Waals surface area contributed by atoms with Crippen LogP contribution in [-0.2, 0) is 6.42 Å². The van der Waals surface area contributed by atoms with Crippen molar-refractivity contribution >= 4 is 41.5 Å². The predicted octanol–water partition coefficient (Wildman–Crippen LogP) is 2.01. The SMILES string of the molecule is CCN(C)CCNC(=NC)NCCc1ccc(Cl)nc1.I. The molecule has 0 atom stereocenters. The highest BCUT2D eigenvalue weighted by molar-refractivity contribution is 14.0. The lowest BCUT2D eigenvalue weighted by molar-refractivity contribution is 0.357. The molecule has 0 amide bonds. The Hall–Kier alpha value is -0.600. The van der Waals surface area contributed by atoms with Crippen LogP contribution in [0.4, 0.5) is 0 Å². The average Bonchev–Trinajstić information content (AvgIpc) is 2.47. The Balaban J connectivity index is 0.00000400. The lowest BCUT2D eigenvalue weighted by atomic mass is 10.2. The highest BCUT2D eigenvalue weighted by Gasteiger charge is 1.99. The molecule has 0 fully saturated rings. The molecular weight excluding hydrogens is 401 g/mol. The molecule has 1 aromatic heterocycles. The molecule has 0 radical (unpaired) electrons. The molecule has 120 valence electrons. The molecule has 0 aliphatic heterocycles. The van der Waals surface area contributed by atoms with Gasteiger partial charge in [0.15, 0.2) is 5.96 Å². The fourth-order valence-corrected chi connectivity index (χ4v) is 1.74. The monoisotopic (exact) mass is 425 g/mol. The lowest BCUT2D eigenvalue weighted by Crippen LogP contribution is -2.41. The van der Waals surface area contributed by atoms with Crippen LogP contribution in [0.15, 0.2) is 23.3 Å². The van der Waals surface area contributed by atoms with Gasteiger partial charge in [-0.05, 0) is 31.6 Å². The van der Waals surface area contributed by atoms with Gasteiger partial charge >= 0.3 is 0 Å². The zero-order valence-electron chi connectivity index (χ0n) is 12.9. The molecule has 5 nitrogen and oxygen atoms in total. The Morgan fingerprint density at radius 1 is 1.33 bits per heavy atom. The van der Waals surface area contributed by atoms with Crippen LogP contribution in [0.5, 0.6) is 0 Å². The maximum Gasteiger partial charge on any atom is 0.191 e. The maximum absolute atomic E-state index is 5.75. The minimum Gasteiger partial charge on any atom is -0.356 e. The second-order valence-electron chi connectivity index (χ2n) is 4.56. The molecule has 0 aliphatic rings. The van der Waals surface area contributed by atoms with Gasteiger partial charge in [-0.3, -0.25) is 4.99 Å². The van der Waals surface area contributed by atoms with Gasteiger partial charge in [0.05, 0.1) is 0 Å². The molecule has 0 bridgehead atoms. The fourth-order valence-electron chi connectivity index (χ4n) is 1.62. The van der Waals surface area contributed by atoms with E-state index in [-0.39, 0.29) is 24.0 Å². The van der Waals surface area contributed by atoms with E-state index in [1.807, 2.05) is 12.1 Å². The zero-order chi connectivity index (χ0) is 14.8. The second kappa shape index (κ2) is 12.0. The maximum atomic E-state index is 5.75. The minimum atomic E-state index is 0. The molecule has 0 aromatic carbocycles. The summed E-state index contributed by atoms with van der Waals surface area (Å²) in [6, 6.07) is 3.80. The number of likely N-dealkylation sites (N-methyl/N-ethyl adjacent to an activating group) is 1. The first-order chi connectivity index (χ1) is 9.65. The van der Waals surface area contributed by atoms with Gasteiger partial charge in [0.25, 0.3) is 0 Å². The van der Waals surface area contributed by atoms with E-state index in [1.54, 1.807) is 13.2 Å². The number of rotatable bonds is 7. The third-order valence-corrected chi connectivity index (χ3v) is 3.27. The molecule has 0 saturated heterocycles. The van der Waals surface area contributed by atoms with Gasteiger partial charge in [0.2, 0.25) is 0 Å². The van der Waals surface area contributed by atoms with Gasteiger partial charge in [-0.25, -0.2) is 4.98 Å². The van der Waals surface area contributed by atoms with Crippen LogP contribution < -0.4 is 10.6 Å².